The number of hydrogen-bond acceptors (Lipinski definition) is 2. The van der Waals surface area contributed by atoms with Gasteiger partial charge in [-0.25, -0.2) is 0 Å². The number of hydrogen-bond donors (Lipinski definition) is 1. The van der Waals surface area contributed by atoms with E-state index < -0.39 is 0 Å². The molecule has 0 aromatic heterocycles. The Bertz CT molecular complexity index is 592. The molecule has 0 spiro atoms. The van der Waals surface area contributed by atoms with Gasteiger partial charge in [-0.3, -0.25) is 0 Å². The Balaban J connectivity index is 2.15. The van der Waals surface area contributed by atoms with Crippen molar-refractivity contribution in [1.29, 1.82) is 0 Å². The van der Waals surface area contributed by atoms with E-state index in [0.29, 0.717) is 12.5 Å². The lowest BCUT2D eigenvalue weighted by molar-refractivity contribution is 0.404. The number of para-hydroxylation sites is 1. The van der Waals surface area contributed by atoms with Gasteiger partial charge in [0.25, 0.3) is 0 Å². The zero-order valence-corrected chi connectivity index (χ0v) is 13.2. The molecule has 0 radical (unpaired) electrons. The van der Waals surface area contributed by atoms with E-state index in [-0.39, 0.29) is 0 Å². The summed E-state index contributed by atoms with van der Waals surface area (Å²) < 4.78 is 5.44. The summed E-state index contributed by atoms with van der Waals surface area (Å²) in [7, 11) is 1.72. The Kier molecular flexibility index (Phi) is 5.40. The van der Waals surface area contributed by atoms with Crippen LogP contribution in [0.2, 0.25) is 0 Å². The maximum Gasteiger partial charge on any atom is 0.122 e. The van der Waals surface area contributed by atoms with Crippen LogP contribution in [-0.4, -0.2) is 13.7 Å². The van der Waals surface area contributed by atoms with Gasteiger partial charge in [-0.15, -0.1) is 0 Å². The summed E-state index contributed by atoms with van der Waals surface area (Å²) in [5, 5.41) is 0. The quantitative estimate of drug-likeness (QED) is 0.878. The smallest absolute Gasteiger partial charge is 0.122 e. The molecule has 1 atom stereocenters. The van der Waals surface area contributed by atoms with Gasteiger partial charge in [0.15, 0.2) is 0 Å². The first-order valence-corrected chi connectivity index (χ1v) is 7.52. The van der Waals surface area contributed by atoms with Crippen molar-refractivity contribution in [3.63, 3.8) is 0 Å². The molecular formula is C19H25NO. The standard InChI is InChI=1S/C19H25NO/c1-14-8-9-15(2)18(10-14)12-16(13-20)11-17-6-4-5-7-19(17)21-3/h4-10,16H,11-13,20H2,1-3H3. The lowest BCUT2D eigenvalue weighted by Crippen LogP contribution is -2.20. The molecule has 0 bridgehead atoms. The van der Waals surface area contributed by atoms with Gasteiger partial charge in [-0.2, -0.15) is 0 Å². The van der Waals surface area contributed by atoms with Crippen molar-refractivity contribution in [2.24, 2.45) is 11.7 Å². The van der Waals surface area contributed by atoms with Crippen molar-refractivity contribution in [3.05, 3.63) is 64.7 Å². The number of aryl methyl sites for hydroxylation is 2. The highest BCUT2D eigenvalue weighted by molar-refractivity contribution is 5.35. The van der Waals surface area contributed by atoms with Crippen LogP contribution in [0.25, 0.3) is 0 Å². The monoisotopic (exact) mass is 283 g/mol. The van der Waals surface area contributed by atoms with E-state index in [1.54, 1.807) is 7.11 Å². The first kappa shape index (κ1) is 15.6. The van der Waals surface area contributed by atoms with Crippen molar-refractivity contribution < 1.29 is 4.74 Å². The molecule has 0 amide bonds. The van der Waals surface area contributed by atoms with Crippen LogP contribution in [-0.2, 0) is 12.8 Å². The van der Waals surface area contributed by atoms with Crippen LogP contribution in [0, 0.1) is 19.8 Å². The minimum Gasteiger partial charge on any atom is -0.496 e. The molecule has 0 heterocycles. The summed E-state index contributed by atoms with van der Waals surface area (Å²) >= 11 is 0. The van der Waals surface area contributed by atoms with Crippen LogP contribution in [0.15, 0.2) is 42.5 Å². The second-order valence-electron chi connectivity index (χ2n) is 5.75. The van der Waals surface area contributed by atoms with E-state index in [9.17, 15) is 0 Å². The third-order valence-electron chi connectivity index (χ3n) is 4.05. The molecular weight excluding hydrogens is 258 g/mol. The maximum atomic E-state index is 6.01. The molecule has 0 saturated carbocycles. The van der Waals surface area contributed by atoms with E-state index in [0.717, 1.165) is 18.6 Å². The van der Waals surface area contributed by atoms with E-state index in [4.69, 9.17) is 10.5 Å². The van der Waals surface area contributed by atoms with Crippen LogP contribution >= 0.6 is 0 Å². The van der Waals surface area contributed by atoms with Gasteiger partial charge in [0.05, 0.1) is 7.11 Å². The van der Waals surface area contributed by atoms with Crippen molar-refractivity contribution in [2.45, 2.75) is 26.7 Å². The zero-order chi connectivity index (χ0) is 15.2. The summed E-state index contributed by atoms with van der Waals surface area (Å²) in [6.07, 6.45) is 1.97. The fourth-order valence-corrected chi connectivity index (χ4v) is 2.75. The highest BCUT2D eigenvalue weighted by Crippen LogP contribution is 2.23. The molecule has 2 rings (SSSR count). The lowest BCUT2D eigenvalue weighted by Gasteiger charge is -2.18. The van der Waals surface area contributed by atoms with Crippen LogP contribution < -0.4 is 10.5 Å². The molecule has 2 N–H and O–H groups in total. The Morgan fingerprint density at radius 3 is 2.43 bits per heavy atom. The van der Waals surface area contributed by atoms with Gasteiger partial charge >= 0.3 is 0 Å². The second-order valence-corrected chi connectivity index (χ2v) is 5.75. The number of methoxy groups -OCH3 is 1. The SMILES string of the molecule is COc1ccccc1CC(CN)Cc1cc(C)ccc1C. The summed E-state index contributed by atoms with van der Waals surface area (Å²) in [6.45, 7) is 5.00. The van der Waals surface area contributed by atoms with E-state index >= 15 is 0 Å². The van der Waals surface area contributed by atoms with Crippen LogP contribution in [0.4, 0.5) is 0 Å². The summed E-state index contributed by atoms with van der Waals surface area (Å²) in [5.41, 5.74) is 11.3. The Morgan fingerprint density at radius 2 is 1.71 bits per heavy atom. The third-order valence-corrected chi connectivity index (χ3v) is 4.05. The Hall–Kier alpha value is -1.80. The number of rotatable bonds is 6. The molecule has 0 aliphatic rings. The average Bonchev–Trinajstić information content (AvgIpc) is 2.50. The van der Waals surface area contributed by atoms with Gasteiger partial charge in [-0.05, 0) is 61.9 Å². The third kappa shape index (κ3) is 4.08. The fourth-order valence-electron chi connectivity index (χ4n) is 2.75. The van der Waals surface area contributed by atoms with Gasteiger partial charge in [-0.1, -0.05) is 42.0 Å². The number of ether oxygens (including phenoxy) is 1. The van der Waals surface area contributed by atoms with Gasteiger partial charge in [0, 0.05) is 0 Å². The van der Waals surface area contributed by atoms with Crippen molar-refractivity contribution in [2.75, 3.05) is 13.7 Å². The molecule has 0 aliphatic carbocycles. The molecule has 0 fully saturated rings. The molecule has 1 unspecified atom stereocenters. The van der Waals surface area contributed by atoms with Crippen LogP contribution in [0.5, 0.6) is 5.75 Å². The highest BCUT2D eigenvalue weighted by Gasteiger charge is 2.13. The zero-order valence-electron chi connectivity index (χ0n) is 13.2. The molecule has 0 aliphatic heterocycles. The van der Waals surface area contributed by atoms with Crippen molar-refractivity contribution in [1.82, 2.24) is 0 Å². The number of nitrogens with two attached hydrogens (primary N) is 1. The first-order chi connectivity index (χ1) is 10.1. The second kappa shape index (κ2) is 7.28. The van der Waals surface area contributed by atoms with Crippen LogP contribution in [0.1, 0.15) is 22.3 Å². The minimum absolute atomic E-state index is 0.432. The molecule has 2 heteroatoms. The van der Waals surface area contributed by atoms with Crippen molar-refractivity contribution >= 4 is 0 Å². The lowest BCUT2D eigenvalue weighted by atomic mass is 9.90. The summed E-state index contributed by atoms with van der Waals surface area (Å²) in [6, 6.07) is 14.8. The number of benzene rings is 2. The highest BCUT2D eigenvalue weighted by atomic mass is 16.5. The Morgan fingerprint density at radius 1 is 1.00 bits per heavy atom. The Labute approximate surface area is 127 Å². The average molecular weight is 283 g/mol. The normalized spacial score (nSPS) is 12.2. The van der Waals surface area contributed by atoms with Gasteiger partial charge in [0.1, 0.15) is 5.75 Å². The van der Waals surface area contributed by atoms with Gasteiger partial charge < -0.3 is 10.5 Å². The molecule has 2 aromatic rings. The van der Waals surface area contributed by atoms with Gasteiger partial charge in [0.2, 0.25) is 0 Å². The predicted molar refractivity (Wildman–Crippen MR) is 88.9 cm³/mol. The van der Waals surface area contributed by atoms with E-state index in [1.165, 1.54) is 22.3 Å². The van der Waals surface area contributed by atoms with E-state index in [2.05, 4.69) is 44.2 Å². The maximum absolute atomic E-state index is 6.01. The van der Waals surface area contributed by atoms with Crippen molar-refractivity contribution in [3.8, 4) is 5.75 Å². The largest absolute Gasteiger partial charge is 0.496 e. The molecule has 112 valence electrons. The van der Waals surface area contributed by atoms with E-state index in [1.807, 2.05) is 12.1 Å². The topological polar surface area (TPSA) is 35.2 Å². The first-order valence-electron chi connectivity index (χ1n) is 7.52. The molecule has 0 saturated heterocycles. The summed E-state index contributed by atoms with van der Waals surface area (Å²) in [5.74, 6) is 1.39. The minimum atomic E-state index is 0.432. The van der Waals surface area contributed by atoms with Crippen LogP contribution in [0.3, 0.4) is 0 Å². The molecule has 2 nitrogen and oxygen atoms in total. The summed E-state index contributed by atoms with van der Waals surface area (Å²) in [4.78, 5) is 0. The molecule has 21 heavy (non-hydrogen) atoms. The molecule has 2 aromatic carbocycles. The fraction of sp³-hybridized carbons (Fsp3) is 0.368. The predicted octanol–water partition coefficient (Wildman–Crippen LogP) is 3.67.